The number of aryl methyl sites for hydroxylation is 3. The highest BCUT2D eigenvalue weighted by molar-refractivity contribution is 6.03. The normalized spacial score (nSPS) is 10.3. The van der Waals surface area contributed by atoms with Crippen LogP contribution in [0.2, 0.25) is 0 Å². The zero-order valence-corrected chi connectivity index (χ0v) is 16.5. The Hall–Kier alpha value is -3.42. The summed E-state index contributed by atoms with van der Waals surface area (Å²) >= 11 is 0. The number of Topliss-reactive ketones (excluding diaryl/α,β-unsaturated/α-hetero) is 1. The first-order valence-corrected chi connectivity index (χ1v) is 8.65. The minimum atomic E-state index is -0.780. The molecule has 1 heterocycles. The van der Waals surface area contributed by atoms with E-state index in [0.717, 1.165) is 11.1 Å². The van der Waals surface area contributed by atoms with E-state index >= 15 is 0 Å². The molecule has 0 saturated carbocycles. The maximum absolute atomic E-state index is 12.2. The van der Waals surface area contributed by atoms with Gasteiger partial charge >= 0.3 is 12.0 Å². The van der Waals surface area contributed by atoms with Gasteiger partial charge in [0, 0.05) is 16.9 Å². The first-order valence-electron chi connectivity index (χ1n) is 8.65. The summed E-state index contributed by atoms with van der Waals surface area (Å²) in [6, 6.07) is 4.74. The Morgan fingerprint density at radius 3 is 2.32 bits per heavy atom. The molecule has 2 rings (SSSR count). The number of urea groups is 1. The van der Waals surface area contributed by atoms with E-state index < -0.39 is 24.5 Å². The molecule has 0 atom stereocenters. The number of ketones is 1. The van der Waals surface area contributed by atoms with Crippen LogP contribution in [0.4, 0.5) is 10.5 Å². The van der Waals surface area contributed by atoms with E-state index in [1.165, 1.54) is 6.92 Å². The third kappa shape index (κ3) is 4.85. The lowest BCUT2D eigenvalue weighted by molar-refractivity contribution is -0.123. The van der Waals surface area contributed by atoms with Gasteiger partial charge in [0.15, 0.2) is 12.4 Å². The van der Waals surface area contributed by atoms with Gasteiger partial charge in [0.25, 0.3) is 5.91 Å². The van der Waals surface area contributed by atoms with Gasteiger partial charge in [0.05, 0.1) is 0 Å². The Bertz CT molecular complexity index is 959. The summed E-state index contributed by atoms with van der Waals surface area (Å²) in [5.74, 6) is -1.73. The quantitative estimate of drug-likeness (QED) is 0.540. The zero-order valence-electron chi connectivity index (χ0n) is 16.5. The summed E-state index contributed by atoms with van der Waals surface area (Å²) in [4.78, 5) is 50.4. The number of rotatable bonds is 5. The highest BCUT2D eigenvalue weighted by Crippen LogP contribution is 2.19. The van der Waals surface area contributed by atoms with Crippen LogP contribution in [0.25, 0.3) is 0 Å². The Morgan fingerprint density at radius 1 is 1.07 bits per heavy atom. The molecule has 28 heavy (non-hydrogen) atoms. The van der Waals surface area contributed by atoms with E-state index in [9.17, 15) is 19.2 Å². The highest BCUT2D eigenvalue weighted by atomic mass is 16.5. The van der Waals surface area contributed by atoms with Crippen LogP contribution >= 0.6 is 0 Å². The molecule has 0 fully saturated rings. The number of H-pyrrole nitrogens is 1. The summed E-state index contributed by atoms with van der Waals surface area (Å²) in [6.07, 6.45) is 0. The molecule has 0 aliphatic heterocycles. The minimum Gasteiger partial charge on any atom is -0.451 e. The maximum Gasteiger partial charge on any atom is 0.355 e. The molecule has 3 amide bonds. The molecule has 0 aliphatic rings. The number of aromatic nitrogens is 1. The predicted octanol–water partition coefficient (Wildman–Crippen LogP) is 2.96. The van der Waals surface area contributed by atoms with Gasteiger partial charge in [0.1, 0.15) is 5.69 Å². The van der Waals surface area contributed by atoms with E-state index in [1.54, 1.807) is 19.9 Å². The Labute approximate surface area is 162 Å². The number of nitrogens with one attached hydrogen (secondary N) is 3. The number of imide groups is 1. The molecule has 0 radical (unpaired) electrons. The van der Waals surface area contributed by atoms with Crippen molar-refractivity contribution in [2.24, 2.45) is 0 Å². The number of benzene rings is 1. The SMILES string of the molecule is CC(=O)c1c(C)[nH]c(C(=O)OCC(=O)NC(=O)Nc2ccc(C)cc2C)c1C. The lowest BCUT2D eigenvalue weighted by atomic mass is 10.1. The highest BCUT2D eigenvalue weighted by Gasteiger charge is 2.21. The van der Waals surface area contributed by atoms with E-state index in [0.29, 0.717) is 22.5 Å². The van der Waals surface area contributed by atoms with Crippen molar-refractivity contribution < 1.29 is 23.9 Å². The van der Waals surface area contributed by atoms with Gasteiger partial charge in [-0.2, -0.15) is 0 Å². The fourth-order valence-corrected chi connectivity index (χ4v) is 2.96. The standard InChI is InChI=1S/C20H23N3O5/c1-10-6-7-15(11(2)8-10)22-20(27)23-16(25)9-28-19(26)18-12(3)17(14(5)24)13(4)21-18/h6-8,21H,9H2,1-5H3,(H2,22,23,25,27). The maximum atomic E-state index is 12.2. The molecule has 8 nitrogen and oxygen atoms in total. The van der Waals surface area contributed by atoms with Gasteiger partial charge in [-0.15, -0.1) is 0 Å². The monoisotopic (exact) mass is 385 g/mol. The van der Waals surface area contributed by atoms with Gasteiger partial charge in [-0.3, -0.25) is 14.9 Å². The molecular weight excluding hydrogens is 362 g/mol. The Morgan fingerprint density at radius 2 is 1.75 bits per heavy atom. The third-order valence-electron chi connectivity index (χ3n) is 4.21. The number of anilines is 1. The predicted molar refractivity (Wildman–Crippen MR) is 104 cm³/mol. The summed E-state index contributed by atoms with van der Waals surface area (Å²) in [5, 5.41) is 4.66. The molecule has 1 aromatic heterocycles. The molecule has 0 aliphatic carbocycles. The Kier molecular flexibility index (Phi) is 6.35. The lowest BCUT2D eigenvalue weighted by Gasteiger charge is -2.10. The second-order valence-corrected chi connectivity index (χ2v) is 6.58. The zero-order chi connectivity index (χ0) is 21.0. The number of ether oxygens (including phenoxy) is 1. The third-order valence-corrected chi connectivity index (χ3v) is 4.21. The number of carbonyl (C=O) groups is 4. The van der Waals surface area contributed by atoms with Crippen molar-refractivity contribution >= 4 is 29.4 Å². The van der Waals surface area contributed by atoms with Crippen LogP contribution < -0.4 is 10.6 Å². The first kappa shape index (κ1) is 20.9. The van der Waals surface area contributed by atoms with E-state index in [4.69, 9.17) is 4.74 Å². The van der Waals surface area contributed by atoms with Crippen molar-refractivity contribution in [3.63, 3.8) is 0 Å². The van der Waals surface area contributed by atoms with Gasteiger partial charge < -0.3 is 15.0 Å². The number of hydrogen-bond acceptors (Lipinski definition) is 5. The molecule has 148 valence electrons. The molecule has 1 aromatic carbocycles. The van der Waals surface area contributed by atoms with Crippen LogP contribution in [-0.2, 0) is 9.53 Å². The lowest BCUT2D eigenvalue weighted by Crippen LogP contribution is -2.37. The van der Waals surface area contributed by atoms with E-state index in [-0.39, 0.29) is 11.5 Å². The summed E-state index contributed by atoms with van der Waals surface area (Å²) in [6.45, 7) is 7.83. The minimum absolute atomic E-state index is 0.107. The van der Waals surface area contributed by atoms with Crippen molar-refractivity contribution in [2.45, 2.75) is 34.6 Å². The topological polar surface area (TPSA) is 117 Å². The molecule has 0 saturated heterocycles. The van der Waals surface area contributed by atoms with Crippen LogP contribution in [0.15, 0.2) is 18.2 Å². The smallest absolute Gasteiger partial charge is 0.355 e. The van der Waals surface area contributed by atoms with Gasteiger partial charge in [-0.25, -0.2) is 9.59 Å². The van der Waals surface area contributed by atoms with Crippen molar-refractivity contribution in [1.29, 1.82) is 0 Å². The summed E-state index contributed by atoms with van der Waals surface area (Å²) < 4.78 is 4.94. The van der Waals surface area contributed by atoms with Gasteiger partial charge in [-0.1, -0.05) is 17.7 Å². The Balaban J connectivity index is 1.91. The molecule has 0 unspecified atom stereocenters. The molecule has 3 N–H and O–H groups in total. The fourth-order valence-electron chi connectivity index (χ4n) is 2.96. The molecule has 0 spiro atoms. The second kappa shape index (κ2) is 8.51. The van der Waals surface area contributed by atoms with Crippen LogP contribution in [0.1, 0.15) is 50.2 Å². The van der Waals surface area contributed by atoms with Crippen LogP contribution in [0.5, 0.6) is 0 Å². The van der Waals surface area contributed by atoms with Crippen molar-refractivity contribution in [1.82, 2.24) is 10.3 Å². The number of amides is 3. The van der Waals surface area contributed by atoms with E-state index in [1.807, 2.05) is 26.0 Å². The second-order valence-electron chi connectivity index (χ2n) is 6.58. The van der Waals surface area contributed by atoms with Crippen LogP contribution in [-0.4, -0.2) is 35.3 Å². The van der Waals surface area contributed by atoms with Crippen molar-refractivity contribution in [3.8, 4) is 0 Å². The average molecular weight is 385 g/mol. The fraction of sp³-hybridized carbons (Fsp3) is 0.300. The molecule has 8 heteroatoms. The number of esters is 1. The summed E-state index contributed by atoms with van der Waals surface area (Å²) in [5.41, 5.74) is 4.01. The molecule has 0 bridgehead atoms. The van der Waals surface area contributed by atoms with Crippen molar-refractivity contribution in [2.75, 3.05) is 11.9 Å². The van der Waals surface area contributed by atoms with Gasteiger partial charge in [0.2, 0.25) is 0 Å². The summed E-state index contributed by atoms with van der Waals surface area (Å²) in [7, 11) is 0. The van der Waals surface area contributed by atoms with Crippen molar-refractivity contribution in [3.05, 3.63) is 51.8 Å². The molecule has 2 aromatic rings. The van der Waals surface area contributed by atoms with Crippen LogP contribution in [0.3, 0.4) is 0 Å². The number of aromatic amines is 1. The number of hydrogen-bond donors (Lipinski definition) is 3. The number of carbonyl (C=O) groups excluding carboxylic acids is 4. The van der Waals surface area contributed by atoms with E-state index in [2.05, 4.69) is 15.6 Å². The average Bonchev–Trinajstić information content (AvgIpc) is 2.89. The first-order chi connectivity index (χ1) is 13.1. The van der Waals surface area contributed by atoms with Gasteiger partial charge in [-0.05, 0) is 51.8 Å². The largest absolute Gasteiger partial charge is 0.451 e. The molecular formula is C20H23N3O5. The van der Waals surface area contributed by atoms with Crippen LogP contribution in [0, 0.1) is 27.7 Å².